The van der Waals surface area contributed by atoms with Crippen molar-refractivity contribution in [1.82, 2.24) is 14.5 Å². The molecule has 0 aliphatic rings. The number of hydrogen-bond acceptors (Lipinski definition) is 5. The first-order valence-electron chi connectivity index (χ1n) is 9.66. The second-order valence-corrected chi connectivity index (χ2v) is 9.46. The van der Waals surface area contributed by atoms with Gasteiger partial charge in [0.05, 0.1) is 21.1 Å². The molecule has 3 aromatic rings. The molecule has 0 aliphatic carbocycles. The van der Waals surface area contributed by atoms with Gasteiger partial charge < -0.3 is 9.30 Å². The van der Waals surface area contributed by atoms with Gasteiger partial charge in [0.1, 0.15) is 11.3 Å². The highest BCUT2D eigenvalue weighted by Gasteiger charge is 2.21. The molecule has 0 saturated carbocycles. The molecule has 1 unspecified atom stereocenters. The van der Waals surface area contributed by atoms with Crippen molar-refractivity contribution in [2.75, 3.05) is 20.0 Å². The molecule has 0 N–H and O–H groups in total. The molecule has 156 valence electrons. The summed E-state index contributed by atoms with van der Waals surface area (Å²) in [4.78, 5) is 9.60. The molecule has 1 atom stereocenters. The molecular weight excluding hydrogens is 410 g/mol. The molecule has 0 aliphatic heterocycles. The van der Waals surface area contributed by atoms with E-state index in [0.29, 0.717) is 22.9 Å². The van der Waals surface area contributed by atoms with E-state index in [4.69, 9.17) is 21.3 Å². The van der Waals surface area contributed by atoms with Gasteiger partial charge in [0.2, 0.25) is 0 Å². The van der Waals surface area contributed by atoms with Gasteiger partial charge in [0.15, 0.2) is 9.84 Å². The predicted octanol–water partition coefficient (Wildman–Crippen LogP) is 4.71. The predicted molar refractivity (Wildman–Crippen MR) is 116 cm³/mol. The molecule has 0 bridgehead atoms. The van der Waals surface area contributed by atoms with Crippen molar-refractivity contribution in [1.29, 1.82) is 0 Å². The van der Waals surface area contributed by atoms with E-state index < -0.39 is 9.84 Å². The molecule has 3 rings (SSSR count). The van der Waals surface area contributed by atoms with Gasteiger partial charge >= 0.3 is 0 Å². The summed E-state index contributed by atoms with van der Waals surface area (Å²) in [5.41, 5.74) is 3.09. The van der Waals surface area contributed by atoms with Gasteiger partial charge in [0, 0.05) is 44.2 Å². The number of hydrogen-bond donors (Lipinski definition) is 0. The van der Waals surface area contributed by atoms with E-state index in [2.05, 4.69) is 23.4 Å². The van der Waals surface area contributed by atoms with Crippen LogP contribution in [0.2, 0.25) is 5.02 Å². The zero-order valence-electron chi connectivity index (χ0n) is 17.1. The average molecular weight is 436 g/mol. The summed E-state index contributed by atoms with van der Waals surface area (Å²) >= 11 is 6.45. The Morgan fingerprint density at radius 2 is 2.00 bits per heavy atom. The molecule has 1 aromatic carbocycles. The van der Waals surface area contributed by atoms with Crippen LogP contribution in [-0.4, -0.2) is 42.9 Å². The maximum absolute atomic E-state index is 11.8. The van der Waals surface area contributed by atoms with Crippen LogP contribution in [0.15, 0.2) is 35.4 Å². The highest BCUT2D eigenvalue weighted by Crippen LogP contribution is 2.35. The largest absolute Gasteiger partial charge is 0.385 e. The summed E-state index contributed by atoms with van der Waals surface area (Å²) in [6.07, 6.45) is 5.56. The van der Waals surface area contributed by atoms with Crippen LogP contribution in [0.1, 0.15) is 38.6 Å². The number of pyridine rings is 1. The van der Waals surface area contributed by atoms with Crippen LogP contribution >= 0.6 is 11.6 Å². The molecule has 0 spiro atoms. The summed E-state index contributed by atoms with van der Waals surface area (Å²) < 4.78 is 31.2. The molecule has 0 fully saturated rings. The van der Waals surface area contributed by atoms with Crippen molar-refractivity contribution < 1.29 is 13.2 Å². The fraction of sp³-hybridized carbons (Fsp3) is 0.429. The monoisotopic (exact) mass is 435 g/mol. The molecule has 29 heavy (non-hydrogen) atoms. The van der Waals surface area contributed by atoms with Crippen molar-refractivity contribution in [2.24, 2.45) is 0 Å². The number of nitrogens with zero attached hydrogens (tertiary/aromatic N) is 3. The van der Waals surface area contributed by atoms with Crippen molar-refractivity contribution in [3.63, 3.8) is 0 Å². The zero-order valence-corrected chi connectivity index (χ0v) is 18.7. The minimum Gasteiger partial charge on any atom is -0.385 e. The molecule has 0 radical (unpaired) electrons. The third-order valence-electron chi connectivity index (χ3n) is 5.11. The van der Waals surface area contributed by atoms with Crippen LogP contribution < -0.4 is 0 Å². The third kappa shape index (κ3) is 4.32. The normalized spacial score (nSPS) is 13.1. The number of aryl methyl sites for hydroxylation is 1. The lowest BCUT2D eigenvalue weighted by molar-refractivity contribution is 0.177. The maximum Gasteiger partial charge on any atom is 0.175 e. The number of fused-ring (bicyclic) bond motifs is 1. The third-order valence-corrected chi connectivity index (χ3v) is 6.54. The second kappa shape index (κ2) is 8.81. The minimum atomic E-state index is -3.33. The van der Waals surface area contributed by atoms with E-state index in [1.807, 2.05) is 6.07 Å². The smallest absolute Gasteiger partial charge is 0.175 e. The number of aromatic nitrogens is 3. The molecule has 6 nitrogen and oxygen atoms in total. The number of halogens is 1. The summed E-state index contributed by atoms with van der Waals surface area (Å²) in [7, 11) is -1.62. The van der Waals surface area contributed by atoms with Gasteiger partial charge in [-0.3, -0.25) is 4.98 Å². The Hall–Kier alpha value is -1.96. The van der Waals surface area contributed by atoms with E-state index >= 15 is 0 Å². The van der Waals surface area contributed by atoms with Gasteiger partial charge in [-0.15, -0.1) is 0 Å². The van der Waals surface area contributed by atoms with Crippen molar-refractivity contribution in [2.45, 2.75) is 44.0 Å². The molecule has 8 heteroatoms. The standard InChI is InChI=1S/C21H26ClN3O3S/c1-5-14(10-12-28-3)25-18-9-11-23-20(21(18)24-19(25)6-2)16-8-7-15(13-17(16)22)29(4,26)27/h7-9,11,13-14H,5-6,10,12H2,1-4H3. The van der Waals surface area contributed by atoms with Gasteiger partial charge in [0.25, 0.3) is 0 Å². The zero-order chi connectivity index (χ0) is 21.2. The topological polar surface area (TPSA) is 74.1 Å². The Morgan fingerprint density at radius 1 is 1.24 bits per heavy atom. The number of sulfone groups is 1. The molecule has 2 aromatic heterocycles. The van der Waals surface area contributed by atoms with Crippen LogP contribution in [0.5, 0.6) is 0 Å². The SMILES string of the molecule is CCc1nc2c(-c3ccc(S(C)(=O)=O)cc3Cl)nccc2n1C(CC)CCOC. The lowest BCUT2D eigenvalue weighted by Crippen LogP contribution is -2.13. The first-order chi connectivity index (χ1) is 13.8. The first-order valence-corrected chi connectivity index (χ1v) is 11.9. The molecule has 0 amide bonds. The quantitative estimate of drug-likeness (QED) is 0.512. The Labute approximate surface area is 176 Å². The lowest BCUT2D eigenvalue weighted by Gasteiger charge is -2.20. The molecular formula is C21H26ClN3O3S. The van der Waals surface area contributed by atoms with E-state index in [9.17, 15) is 8.42 Å². The van der Waals surface area contributed by atoms with Crippen LogP contribution in [0.25, 0.3) is 22.3 Å². The summed E-state index contributed by atoms with van der Waals surface area (Å²) in [5.74, 6) is 0.987. The van der Waals surface area contributed by atoms with Crippen molar-refractivity contribution in [3.05, 3.63) is 41.3 Å². The summed E-state index contributed by atoms with van der Waals surface area (Å²) in [5, 5.41) is 0.340. The van der Waals surface area contributed by atoms with Crippen molar-refractivity contribution in [3.8, 4) is 11.3 Å². The fourth-order valence-electron chi connectivity index (χ4n) is 3.61. The van der Waals surface area contributed by atoms with Crippen LogP contribution in [0.3, 0.4) is 0 Å². The maximum atomic E-state index is 11.8. The number of imidazole rings is 1. The first kappa shape index (κ1) is 21.7. The van der Waals surface area contributed by atoms with Crippen LogP contribution in [0, 0.1) is 0 Å². The van der Waals surface area contributed by atoms with Gasteiger partial charge in [-0.2, -0.15) is 0 Å². The number of methoxy groups -OCH3 is 1. The van der Waals surface area contributed by atoms with Gasteiger partial charge in [-0.25, -0.2) is 13.4 Å². The van der Waals surface area contributed by atoms with Gasteiger partial charge in [-0.1, -0.05) is 25.4 Å². The van der Waals surface area contributed by atoms with Crippen molar-refractivity contribution >= 4 is 32.5 Å². The van der Waals surface area contributed by atoms with Gasteiger partial charge in [-0.05, 0) is 37.1 Å². The molecule has 0 saturated heterocycles. The Kier molecular flexibility index (Phi) is 6.61. The summed E-state index contributed by atoms with van der Waals surface area (Å²) in [6.45, 7) is 4.92. The number of ether oxygens (including phenoxy) is 1. The van der Waals surface area contributed by atoms with E-state index in [1.165, 1.54) is 6.07 Å². The average Bonchev–Trinajstić information content (AvgIpc) is 3.07. The van der Waals surface area contributed by atoms with E-state index in [-0.39, 0.29) is 10.9 Å². The second-order valence-electron chi connectivity index (χ2n) is 7.04. The molecule has 2 heterocycles. The highest BCUT2D eigenvalue weighted by atomic mass is 35.5. The van der Waals surface area contributed by atoms with Crippen LogP contribution in [-0.2, 0) is 21.0 Å². The minimum absolute atomic E-state index is 0.184. The Morgan fingerprint density at radius 3 is 2.59 bits per heavy atom. The van der Waals surface area contributed by atoms with E-state index in [1.54, 1.807) is 25.4 Å². The Bertz CT molecular complexity index is 1130. The number of benzene rings is 1. The Balaban J connectivity index is 2.19. The number of rotatable bonds is 8. The summed E-state index contributed by atoms with van der Waals surface area (Å²) in [6, 6.07) is 6.97. The lowest BCUT2D eigenvalue weighted by atomic mass is 10.1. The fourth-order valence-corrected chi connectivity index (χ4v) is 4.59. The highest BCUT2D eigenvalue weighted by molar-refractivity contribution is 7.90. The van der Waals surface area contributed by atoms with Crippen LogP contribution in [0.4, 0.5) is 0 Å². The van der Waals surface area contributed by atoms with E-state index in [0.717, 1.165) is 42.4 Å².